The van der Waals surface area contributed by atoms with E-state index in [4.69, 9.17) is 5.73 Å². The fourth-order valence-corrected chi connectivity index (χ4v) is 5.41. The smallest absolute Gasteiger partial charge is 0.273 e. The molecular formula is C21H21N3O9. The van der Waals surface area contributed by atoms with E-state index in [1.54, 1.807) is 0 Å². The number of benzene rings is 1. The van der Waals surface area contributed by atoms with E-state index in [-0.39, 0.29) is 24.0 Å². The number of fused-ring (bicyclic) bond motifs is 3. The summed E-state index contributed by atoms with van der Waals surface area (Å²) in [4.78, 5) is 50.5. The Morgan fingerprint density at radius 3 is 2.42 bits per heavy atom. The number of primary amides is 1. The summed E-state index contributed by atoms with van der Waals surface area (Å²) in [6, 6.07) is 0.914. The lowest BCUT2D eigenvalue weighted by atomic mass is 9.58. The lowest BCUT2D eigenvalue weighted by molar-refractivity contribution is -0.385. The monoisotopic (exact) mass is 459 g/mol. The second-order valence-corrected chi connectivity index (χ2v) is 8.68. The van der Waals surface area contributed by atoms with Gasteiger partial charge >= 0.3 is 0 Å². The summed E-state index contributed by atoms with van der Waals surface area (Å²) in [5.74, 6) is -7.95. The summed E-state index contributed by atoms with van der Waals surface area (Å²) < 4.78 is 0. The molecule has 0 aromatic heterocycles. The van der Waals surface area contributed by atoms with Gasteiger partial charge in [0.25, 0.3) is 11.6 Å². The van der Waals surface area contributed by atoms with Crippen molar-refractivity contribution in [2.45, 2.75) is 24.5 Å². The van der Waals surface area contributed by atoms with Crippen LogP contribution in [0.3, 0.4) is 0 Å². The van der Waals surface area contributed by atoms with Crippen molar-refractivity contribution in [1.29, 1.82) is 0 Å². The molecule has 0 saturated heterocycles. The Hall–Kier alpha value is -3.77. The van der Waals surface area contributed by atoms with Crippen LogP contribution in [0.25, 0.3) is 0 Å². The van der Waals surface area contributed by atoms with Crippen LogP contribution in [0.4, 0.5) is 5.69 Å². The zero-order valence-corrected chi connectivity index (χ0v) is 17.6. The first kappa shape index (κ1) is 22.4. The fourth-order valence-electron chi connectivity index (χ4n) is 5.41. The number of nitro groups is 1. The highest BCUT2D eigenvalue weighted by Gasteiger charge is 2.63. The van der Waals surface area contributed by atoms with Crippen molar-refractivity contribution >= 4 is 23.2 Å². The van der Waals surface area contributed by atoms with Gasteiger partial charge in [-0.3, -0.25) is 29.4 Å². The van der Waals surface area contributed by atoms with Gasteiger partial charge in [-0.2, -0.15) is 0 Å². The number of nitrogens with zero attached hydrogens (tertiary/aromatic N) is 2. The number of ketones is 2. The summed E-state index contributed by atoms with van der Waals surface area (Å²) in [5.41, 5.74) is 0.417. The quantitative estimate of drug-likeness (QED) is 0.233. The Kier molecular flexibility index (Phi) is 4.84. The second-order valence-electron chi connectivity index (χ2n) is 8.68. The van der Waals surface area contributed by atoms with Crippen LogP contribution in [0.5, 0.6) is 5.75 Å². The van der Waals surface area contributed by atoms with Crippen LogP contribution < -0.4 is 5.73 Å². The normalized spacial score (nSPS) is 29.0. The number of hydrogen-bond donors (Lipinski definition) is 5. The van der Waals surface area contributed by atoms with E-state index >= 15 is 0 Å². The van der Waals surface area contributed by atoms with Gasteiger partial charge in [-0.1, -0.05) is 0 Å². The first-order valence-electron chi connectivity index (χ1n) is 9.98. The molecule has 1 aromatic carbocycles. The van der Waals surface area contributed by atoms with Gasteiger partial charge in [-0.05, 0) is 38.9 Å². The minimum absolute atomic E-state index is 0.0295. The molecule has 33 heavy (non-hydrogen) atoms. The largest absolute Gasteiger partial charge is 0.510 e. The first-order valence-corrected chi connectivity index (χ1v) is 9.98. The Morgan fingerprint density at radius 2 is 1.88 bits per heavy atom. The maximum absolute atomic E-state index is 13.3. The van der Waals surface area contributed by atoms with E-state index < -0.39 is 80.0 Å². The third-order valence-electron chi connectivity index (χ3n) is 6.78. The molecule has 3 aliphatic rings. The van der Waals surface area contributed by atoms with Gasteiger partial charge in [0.05, 0.1) is 16.5 Å². The number of hydrogen-bond acceptors (Lipinski definition) is 10. The Morgan fingerprint density at radius 1 is 1.24 bits per heavy atom. The lowest BCUT2D eigenvalue weighted by Crippen LogP contribution is -2.63. The topological polar surface area (TPSA) is 205 Å². The summed E-state index contributed by atoms with van der Waals surface area (Å²) in [7, 11) is 3.02. The molecule has 0 fully saturated rings. The van der Waals surface area contributed by atoms with Crippen molar-refractivity contribution in [3.63, 3.8) is 0 Å². The van der Waals surface area contributed by atoms with Crippen LogP contribution in [0.2, 0.25) is 0 Å². The average Bonchev–Trinajstić information content (AvgIpc) is 2.70. The number of phenolic OH excluding ortho intramolecular Hbond substituents is 1. The fraction of sp³-hybridized carbons (Fsp3) is 0.381. The number of carbonyl (C=O) groups is 3. The predicted molar refractivity (Wildman–Crippen MR) is 110 cm³/mol. The molecule has 0 spiro atoms. The number of nitro benzene ring substituents is 1. The summed E-state index contributed by atoms with van der Waals surface area (Å²) >= 11 is 0. The number of phenols is 1. The average molecular weight is 459 g/mol. The van der Waals surface area contributed by atoms with Gasteiger partial charge < -0.3 is 26.2 Å². The molecule has 12 heteroatoms. The van der Waals surface area contributed by atoms with Crippen molar-refractivity contribution in [1.82, 2.24) is 4.90 Å². The third kappa shape index (κ3) is 2.80. The van der Waals surface area contributed by atoms with Crippen molar-refractivity contribution in [3.8, 4) is 5.75 Å². The van der Waals surface area contributed by atoms with Crippen LogP contribution in [0, 0.1) is 22.0 Å². The molecular weight excluding hydrogens is 438 g/mol. The molecule has 12 nitrogen and oxygen atoms in total. The minimum atomic E-state index is -2.75. The molecule has 0 saturated carbocycles. The first-order chi connectivity index (χ1) is 15.3. The van der Waals surface area contributed by atoms with Gasteiger partial charge in [0.2, 0.25) is 5.78 Å². The number of nitrogens with two attached hydrogens (primary N) is 1. The van der Waals surface area contributed by atoms with Gasteiger partial charge in [0.1, 0.15) is 22.8 Å². The van der Waals surface area contributed by atoms with Crippen LogP contribution in [-0.4, -0.2) is 73.5 Å². The molecule has 0 heterocycles. The number of aliphatic hydroxyl groups is 3. The van der Waals surface area contributed by atoms with Crippen LogP contribution in [0.15, 0.2) is 34.8 Å². The van der Waals surface area contributed by atoms with E-state index in [1.807, 2.05) is 0 Å². The molecule has 1 aromatic rings. The highest BCUT2D eigenvalue weighted by Crippen LogP contribution is 2.52. The van der Waals surface area contributed by atoms with Gasteiger partial charge in [-0.25, -0.2) is 0 Å². The zero-order chi connectivity index (χ0) is 24.6. The number of rotatable bonds is 3. The van der Waals surface area contributed by atoms with Crippen molar-refractivity contribution in [2.75, 3.05) is 14.1 Å². The molecule has 0 aliphatic heterocycles. The standard InChI is InChI=1S/C21H21N3O9/c1-23(2)15-9-6-7-5-8-10(24(32)33)3-4-11(25)13(8)16(26)12(7)18(28)21(9,31)19(29)14(17(15)27)20(22)30/h3-4,7,9,15,25,27-28,31H,5-6H2,1-2H3,(H2,22,30)/t7-,9-,15-,21-/m0/s1. The number of amides is 1. The van der Waals surface area contributed by atoms with Gasteiger partial charge in [0, 0.05) is 23.1 Å². The van der Waals surface area contributed by atoms with Crippen LogP contribution >= 0.6 is 0 Å². The van der Waals surface area contributed by atoms with E-state index in [0.717, 1.165) is 12.1 Å². The molecule has 4 atom stereocenters. The van der Waals surface area contributed by atoms with Crippen LogP contribution in [-0.2, 0) is 16.0 Å². The third-order valence-corrected chi connectivity index (χ3v) is 6.78. The van der Waals surface area contributed by atoms with E-state index in [0.29, 0.717) is 0 Å². The van der Waals surface area contributed by atoms with E-state index in [2.05, 4.69) is 0 Å². The summed E-state index contributed by atoms with van der Waals surface area (Å²) in [6.45, 7) is 0. The Balaban J connectivity index is 1.99. The Labute approximate surface area is 186 Å². The van der Waals surface area contributed by atoms with E-state index in [1.165, 1.54) is 19.0 Å². The number of aromatic hydroxyl groups is 1. The molecule has 4 rings (SSSR count). The molecule has 174 valence electrons. The SMILES string of the molecule is CN(C)[C@@H]1C(O)=C(C(N)=O)C(=O)[C@@]2(O)C(O)=C3C(=O)c4c(O)ccc([N+](=O)[O-])c4C[C@H]3C[C@@H]12. The summed E-state index contributed by atoms with van der Waals surface area (Å²) in [6.07, 6.45) is -0.280. The summed E-state index contributed by atoms with van der Waals surface area (Å²) in [5, 5.41) is 54.9. The number of carbonyl (C=O) groups excluding carboxylic acids is 3. The molecule has 0 unspecified atom stereocenters. The van der Waals surface area contributed by atoms with Gasteiger partial charge in [0.15, 0.2) is 11.4 Å². The van der Waals surface area contributed by atoms with Crippen molar-refractivity contribution in [2.24, 2.45) is 17.6 Å². The zero-order valence-electron chi connectivity index (χ0n) is 17.6. The van der Waals surface area contributed by atoms with Crippen LogP contribution in [0.1, 0.15) is 22.3 Å². The maximum Gasteiger partial charge on any atom is 0.273 e. The maximum atomic E-state index is 13.3. The highest BCUT2D eigenvalue weighted by molar-refractivity contribution is 6.24. The molecule has 0 bridgehead atoms. The highest BCUT2D eigenvalue weighted by atomic mass is 16.6. The van der Waals surface area contributed by atoms with Gasteiger partial charge in [-0.15, -0.1) is 0 Å². The van der Waals surface area contributed by atoms with E-state index in [9.17, 15) is 44.9 Å². The minimum Gasteiger partial charge on any atom is -0.510 e. The Bertz CT molecular complexity index is 1220. The number of likely N-dealkylation sites (N-methyl/N-ethyl adjacent to an activating group) is 1. The number of aliphatic hydroxyl groups excluding tert-OH is 2. The lowest BCUT2D eigenvalue weighted by Gasteiger charge is -2.50. The number of Topliss-reactive ketones (excluding diaryl/α,β-unsaturated/α-hetero) is 2. The molecule has 3 aliphatic carbocycles. The van der Waals surface area contributed by atoms with Crippen molar-refractivity contribution in [3.05, 3.63) is 56.0 Å². The molecule has 0 radical (unpaired) electrons. The van der Waals surface area contributed by atoms with Crippen molar-refractivity contribution < 1.29 is 39.7 Å². The molecule has 1 amide bonds. The predicted octanol–water partition coefficient (Wildman–Crippen LogP) is 0.0288. The number of allylic oxidation sites excluding steroid dienone is 1. The second kappa shape index (κ2) is 7.12. The molecule has 6 N–H and O–H groups in total.